The van der Waals surface area contributed by atoms with Gasteiger partial charge in [-0.1, -0.05) is 19.9 Å². The summed E-state index contributed by atoms with van der Waals surface area (Å²) in [6.45, 7) is 5.90. The molecular formula is C26H30N4O4S. The number of carbonyl (C=O) groups is 4. The van der Waals surface area contributed by atoms with Crippen LogP contribution in [0.5, 0.6) is 0 Å². The number of anilines is 1. The van der Waals surface area contributed by atoms with Crippen LogP contribution in [0.25, 0.3) is 0 Å². The monoisotopic (exact) mass is 494 g/mol. The van der Waals surface area contributed by atoms with Gasteiger partial charge in [0.05, 0.1) is 6.04 Å². The van der Waals surface area contributed by atoms with Crippen LogP contribution in [0, 0.1) is 12.3 Å². The molecule has 2 saturated heterocycles. The Balaban J connectivity index is 1.33. The average Bonchev–Trinajstić information content (AvgIpc) is 3.45. The summed E-state index contributed by atoms with van der Waals surface area (Å²) in [5.74, 6) is -0.547. The molecule has 3 heterocycles. The first kappa shape index (κ1) is 23.5. The van der Waals surface area contributed by atoms with Gasteiger partial charge in [-0.2, -0.15) is 0 Å². The molecule has 2 aliphatic heterocycles. The van der Waals surface area contributed by atoms with Gasteiger partial charge in [-0.25, -0.2) is 4.79 Å². The molecule has 2 N–H and O–H groups in total. The number of fused-ring (bicyclic) bond motifs is 1. The third kappa shape index (κ3) is 3.82. The van der Waals surface area contributed by atoms with Crippen molar-refractivity contribution < 1.29 is 19.2 Å². The van der Waals surface area contributed by atoms with E-state index in [0.717, 1.165) is 34.4 Å². The van der Waals surface area contributed by atoms with Crippen LogP contribution in [-0.2, 0) is 27.2 Å². The molecule has 1 aromatic heterocycles. The zero-order chi connectivity index (χ0) is 25.1. The molecule has 8 nitrogen and oxygen atoms in total. The Morgan fingerprint density at radius 3 is 2.57 bits per heavy atom. The van der Waals surface area contributed by atoms with Crippen molar-refractivity contribution in [3.8, 4) is 0 Å². The third-order valence-electron chi connectivity index (χ3n) is 7.82. The fourth-order valence-corrected chi connectivity index (χ4v) is 6.68. The van der Waals surface area contributed by atoms with Crippen molar-refractivity contribution in [3.05, 3.63) is 51.2 Å². The number of nitrogens with one attached hydrogen (secondary N) is 2. The molecule has 0 unspecified atom stereocenters. The van der Waals surface area contributed by atoms with E-state index < -0.39 is 11.0 Å². The number of urea groups is 1. The van der Waals surface area contributed by atoms with Crippen LogP contribution in [0.4, 0.5) is 10.5 Å². The van der Waals surface area contributed by atoms with Crippen LogP contribution in [0.2, 0.25) is 0 Å². The van der Waals surface area contributed by atoms with Crippen LogP contribution in [0.3, 0.4) is 0 Å². The highest BCUT2D eigenvalue weighted by Gasteiger charge is 2.54. The second-order valence-electron chi connectivity index (χ2n) is 10.6. The molecule has 2 aromatic rings. The van der Waals surface area contributed by atoms with Gasteiger partial charge in [0.15, 0.2) is 0 Å². The minimum Gasteiger partial charge on any atom is -0.325 e. The van der Waals surface area contributed by atoms with Gasteiger partial charge in [0, 0.05) is 35.9 Å². The molecule has 0 bridgehead atoms. The van der Waals surface area contributed by atoms with Crippen LogP contribution in [0.1, 0.15) is 54.3 Å². The predicted octanol–water partition coefficient (Wildman–Crippen LogP) is 3.40. The minimum atomic E-state index is -0.903. The molecule has 5 rings (SSSR count). The van der Waals surface area contributed by atoms with Gasteiger partial charge < -0.3 is 15.1 Å². The lowest BCUT2D eigenvalue weighted by Crippen LogP contribution is -2.50. The summed E-state index contributed by atoms with van der Waals surface area (Å²) in [5, 5.41) is 7.37. The van der Waals surface area contributed by atoms with E-state index in [4.69, 9.17) is 0 Å². The Kier molecular flexibility index (Phi) is 5.51. The molecule has 2 atom stereocenters. The van der Waals surface area contributed by atoms with E-state index in [0.29, 0.717) is 18.5 Å². The van der Waals surface area contributed by atoms with Crippen molar-refractivity contribution in [1.29, 1.82) is 0 Å². The summed E-state index contributed by atoms with van der Waals surface area (Å²) < 4.78 is 0. The molecule has 0 radical (unpaired) electrons. The highest BCUT2D eigenvalue weighted by atomic mass is 32.1. The molecule has 1 aromatic carbocycles. The molecule has 1 spiro atoms. The summed E-state index contributed by atoms with van der Waals surface area (Å²) in [4.78, 5) is 55.3. The number of imide groups is 1. The zero-order valence-corrected chi connectivity index (χ0v) is 21.3. The Morgan fingerprint density at radius 2 is 1.91 bits per heavy atom. The summed E-state index contributed by atoms with van der Waals surface area (Å²) in [5.41, 5.74) is 2.27. The normalized spacial score (nSPS) is 25.3. The van der Waals surface area contributed by atoms with Gasteiger partial charge in [-0.3, -0.25) is 19.7 Å². The first-order valence-corrected chi connectivity index (χ1v) is 12.8. The molecule has 9 heteroatoms. The van der Waals surface area contributed by atoms with Gasteiger partial charge in [0.1, 0.15) is 12.1 Å². The number of thiophene rings is 1. The quantitative estimate of drug-likeness (QED) is 0.637. The fourth-order valence-electron chi connectivity index (χ4n) is 5.60. The second-order valence-corrected chi connectivity index (χ2v) is 11.5. The van der Waals surface area contributed by atoms with Crippen LogP contribution in [0.15, 0.2) is 29.6 Å². The van der Waals surface area contributed by atoms with Gasteiger partial charge in [0.25, 0.3) is 5.91 Å². The van der Waals surface area contributed by atoms with Gasteiger partial charge >= 0.3 is 6.03 Å². The van der Waals surface area contributed by atoms with E-state index >= 15 is 0 Å². The molecule has 2 fully saturated rings. The molecule has 5 amide bonds. The van der Waals surface area contributed by atoms with Crippen molar-refractivity contribution >= 4 is 40.8 Å². The first-order valence-electron chi connectivity index (χ1n) is 11.9. The average molecular weight is 495 g/mol. The Hall–Kier alpha value is -3.20. The van der Waals surface area contributed by atoms with E-state index in [9.17, 15) is 19.2 Å². The number of amides is 5. The number of aryl methyl sites for hydroxylation is 1. The smallest absolute Gasteiger partial charge is 0.324 e. The SMILES string of the molecule is Cc1ccsc1[C@H]1CCC(C)(C)C(=O)N1CC(=O)Nc1ccc2c(c1)C[C@]1(C2)C(=O)NC(=O)N1C. The molecule has 3 aliphatic rings. The van der Waals surface area contributed by atoms with Gasteiger partial charge in [-0.15, -0.1) is 11.3 Å². The van der Waals surface area contributed by atoms with E-state index in [2.05, 4.69) is 16.7 Å². The molecule has 184 valence electrons. The van der Waals surface area contributed by atoms with Crippen molar-refractivity contribution in [3.63, 3.8) is 0 Å². The molecule has 0 saturated carbocycles. The van der Waals surface area contributed by atoms with Crippen molar-refractivity contribution in [1.82, 2.24) is 15.1 Å². The van der Waals surface area contributed by atoms with Crippen LogP contribution in [-0.4, -0.2) is 52.7 Å². The van der Waals surface area contributed by atoms with E-state index in [-0.39, 0.29) is 36.3 Å². The Bertz CT molecular complexity index is 1250. The Labute approximate surface area is 208 Å². The Morgan fingerprint density at radius 1 is 1.17 bits per heavy atom. The lowest BCUT2D eigenvalue weighted by Gasteiger charge is -2.42. The third-order valence-corrected chi connectivity index (χ3v) is 8.94. The van der Waals surface area contributed by atoms with Crippen molar-refractivity contribution in [2.45, 2.75) is 58.0 Å². The lowest BCUT2D eigenvalue weighted by atomic mass is 9.79. The largest absolute Gasteiger partial charge is 0.325 e. The summed E-state index contributed by atoms with van der Waals surface area (Å²) in [7, 11) is 1.64. The van der Waals surface area contributed by atoms with Gasteiger partial charge in [0.2, 0.25) is 11.8 Å². The number of hydrogen-bond donors (Lipinski definition) is 2. The summed E-state index contributed by atoms with van der Waals surface area (Å²) in [6, 6.07) is 7.14. The second kappa shape index (κ2) is 8.19. The maximum atomic E-state index is 13.3. The zero-order valence-electron chi connectivity index (χ0n) is 20.4. The van der Waals surface area contributed by atoms with Gasteiger partial charge in [-0.05, 0) is 60.0 Å². The van der Waals surface area contributed by atoms with Crippen LogP contribution < -0.4 is 10.6 Å². The minimum absolute atomic E-state index is 0.00690. The number of rotatable bonds is 4. The fraction of sp³-hybridized carbons (Fsp3) is 0.462. The van der Waals surface area contributed by atoms with Crippen LogP contribution >= 0.6 is 11.3 Å². The van der Waals surface area contributed by atoms with E-state index in [1.165, 1.54) is 4.90 Å². The maximum Gasteiger partial charge on any atom is 0.324 e. The number of likely N-dealkylation sites (N-methyl/N-ethyl adjacent to an activating group) is 1. The number of likely N-dealkylation sites (tertiary alicyclic amines) is 1. The first-order chi connectivity index (χ1) is 16.5. The van der Waals surface area contributed by atoms with Crippen molar-refractivity contribution in [2.75, 3.05) is 18.9 Å². The van der Waals surface area contributed by atoms with E-state index in [1.807, 2.05) is 44.4 Å². The number of carbonyl (C=O) groups excluding carboxylic acids is 4. The van der Waals surface area contributed by atoms with Crippen molar-refractivity contribution in [2.24, 2.45) is 5.41 Å². The molecule has 1 aliphatic carbocycles. The highest BCUT2D eigenvalue weighted by Crippen LogP contribution is 2.43. The molecular weight excluding hydrogens is 464 g/mol. The summed E-state index contributed by atoms with van der Waals surface area (Å²) >= 11 is 1.63. The molecule has 35 heavy (non-hydrogen) atoms. The lowest BCUT2D eigenvalue weighted by molar-refractivity contribution is -0.150. The highest BCUT2D eigenvalue weighted by molar-refractivity contribution is 7.10. The summed E-state index contributed by atoms with van der Waals surface area (Å²) in [6.07, 6.45) is 2.45. The topological polar surface area (TPSA) is 98.8 Å². The predicted molar refractivity (Wildman–Crippen MR) is 133 cm³/mol. The number of benzene rings is 1. The number of hydrogen-bond acceptors (Lipinski definition) is 5. The standard InChI is InChI=1S/C26H30N4O4S/c1-15-8-10-35-21(15)19-7-9-25(2,3)23(33)30(19)14-20(31)27-18-6-5-16-12-26(13-17(16)11-18)22(32)28-24(34)29(26)4/h5-6,8,10-11,19H,7,9,12-14H2,1-4H3,(H,27,31)(H,28,32,34)/t19-,26-/m1/s1. The van der Waals surface area contributed by atoms with E-state index in [1.54, 1.807) is 23.3 Å². The number of piperidine rings is 1. The maximum absolute atomic E-state index is 13.3. The number of nitrogens with zero attached hydrogens (tertiary/aromatic N) is 2.